The summed E-state index contributed by atoms with van der Waals surface area (Å²) >= 11 is 0. The number of carboxylic acid groups (broad SMARTS) is 1. The number of hydrogen-bond acceptors (Lipinski definition) is 4. The highest BCUT2D eigenvalue weighted by atomic mass is 16.4. The van der Waals surface area contributed by atoms with Gasteiger partial charge in [0, 0.05) is 43.8 Å². The highest BCUT2D eigenvalue weighted by Crippen LogP contribution is 2.34. The number of aryl methyl sites for hydroxylation is 1. The van der Waals surface area contributed by atoms with Gasteiger partial charge in [-0.15, -0.1) is 0 Å². The van der Waals surface area contributed by atoms with E-state index in [1.807, 2.05) is 60.3 Å². The molecule has 0 fully saturated rings. The first-order chi connectivity index (χ1) is 15.1. The van der Waals surface area contributed by atoms with Crippen molar-refractivity contribution in [3.63, 3.8) is 0 Å². The molecule has 6 heteroatoms. The Balaban J connectivity index is 1.69. The van der Waals surface area contributed by atoms with Crippen LogP contribution in [-0.2, 0) is 20.1 Å². The van der Waals surface area contributed by atoms with Crippen molar-refractivity contribution < 1.29 is 9.90 Å². The Morgan fingerprint density at radius 3 is 2.58 bits per heavy atom. The lowest BCUT2D eigenvalue weighted by molar-refractivity contribution is 0.0696. The van der Waals surface area contributed by atoms with E-state index in [9.17, 15) is 9.90 Å². The van der Waals surface area contributed by atoms with Crippen molar-refractivity contribution in [2.75, 3.05) is 6.54 Å². The molecule has 1 aliphatic rings. The van der Waals surface area contributed by atoms with Crippen LogP contribution >= 0.6 is 0 Å². The molecule has 2 aromatic carbocycles. The monoisotopic (exact) mass is 410 g/mol. The summed E-state index contributed by atoms with van der Waals surface area (Å²) in [5.41, 5.74) is 5.71. The summed E-state index contributed by atoms with van der Waals surface area (Å²) in [4.78, 5) is 19.5. The van der Waals surface area contributed by atoms with Crippen molar-refractivity contribution in [2.24, 2.45) is 7.05 Å². The lowest BCUT2D eigenvalue weighted by Gasteiger charge is -2.31. The fourth-order valence-electron chi connectivity index (χ4n) is 4.28. The van der Waals surface area contributed by atoms with Gasteiger partial charge in [-0.05, 0) is 29.3 Å². The third-order valence-corrected chi connectivity index (χ3v) is 5.72. The molecule has 5 rings (SSSR count). The topological polar surface area (TPSA) is 71.2 Å². The van der Waals surface area contributed by atoms with E-state index in [2.05, 4.69) is 28.2 Å². The summed E-state index contributed by atoms with van der Waals surface area (Å²) in [6.07, 6.45) is 3.82. The number of hydrogen-bond donors (Lipinski definition) is 1. The lowest BCUT2D eigenvalue weighted by Crippen LogP contribution is -2.31. The molecule has 0 bridgehead atoms. The number of rotatable bonds is 4. The number of para-hydroxylation sites is 1. The number of nitrogens with zero attached hydrogens (tertiary/aromatic N) is 4. The van der Waals surface area contributed by atoms with Crippen LogP contribution in [0, 0.1) is 0 Å². The van der Waals surface area contributed by atoms with Gasteiger partial charge in [-0.1, -0.05) is 48.5 Å². The molecule has 154 valence electrons. The number of fused-ring (bicyclic) bond motifs is 2. The summed E-state index contributed by atoms with van der Waals surface area (Å²) < 4.78 is 1.81. The quantitative estimate of drug-likeness (QED) is 0.545. The highest BCUT2D eigenvalue weighted by Gasteiger charge is 2.28. The number of carbonyl (C=O) groups is 1. The van der Waals surface area contributed by atoms with Crippen molar-refractivity contribution in [1.29, 1.82) is 0 Å². The Bertz CT molecular complexity index is 1310. The molecule has 1 aliphatic heterocycles. The smallest absolute Gasteiger partial charge is 0.336 e. The molecule has 0 unspecified atom stereocenters. The van der Waals surface area contributed by atoms with Crippen LogP contribution < -0.4 is 0 Å². The first kappa shape index (κ1) is 19.2. The maximum Gasteiger partial charge on any atom is 0.336 e. The Kier molecular flexibility index (Phi) is 4.84. The zero-order valence-corrected chi connectivity index (χ0v) is 17.2. The molecule has 0 atom stereocenters. The van der Waals surface area contributed by atoms with Crippen LogP contribution in [0.5, 0.6) is 0 Å². The van der Waals surface area contributed by atoms with E-state index in [4.69, 9.17) is 4.98 Å². The van der Waals surface area contributed by atoms with E-state index in [1.165, 1.54) is 5.56 Å². The Hall–Kier alpha value is -3.77. The average Bonchev–Trinajstić information content (AvgIpc) is 3.17. The molecule has 0 saturated heterocycles. The molecule has 0 aliphatic carbocycles. The maximum atomic E-state index is 12.3. The lowest BCUT2D eigenvalue weighted by atomic mass is 9.92. The number of pyridine rings is 1. The van der Waals surface area contributed by atoms with Crippen molar-refractivity contribution in [2.45, 2.75) is 13.1 Å². The van der Waals surface area contributed by atoms with Crippen LogP contribution in [-0.4, -0.2) is 37.3 Å². The second kappa shape index (κ2) is 7.81. The minimum absolute atomic E-state index is 0.342. The van der Waals surface area contributed by atoms with Gasteiger partial charge in [-0.25, -0.2) is 9.78 Å². The third-order valence-electron chi connectivity index (χ3n) is 5.72. The first-order valence-electron chi connectivity index (χ1n) is 10.2. The third kappa shape index (κ3) is 3.62. The molecule has 0 saturated carbocycles. The minimum Gasteiger partial charge on any atom is -0.478 e. The number of carboxylic acids is 1. The Labute approximate surface area is 180 Å². The second-order valence-corrected chi connectivity index (χ2v) is 7.82. The predicted octanol–water partition coefficient (Wildman–Crippen LogP) is 4.22. The van der Waals surface area contributed by atoms with Crippen LogP contribution in [0.2, 0.25) is 0 Å². The first-order valence-corrected chi connectivity index (χ1v) is 10.2. The molecule has 2 aromatic heterocycles. The molecular formula is C25H22N4O2. The fourth-order valence-corrected chi connectivity index (χ4v) is 4.28. The van der Waals surface area contributed by atoms with Gasteiger partial charge >= 0.3 is 5.97 Å². The van der Waals surface area contributed by atoms with Gasteiger partial charge in [-0.3, -0.25) is 9.58 Å². The summed E-state index contributed by atoms with van der Waals surface area (Å²) in [5, 5.41) is 15.1. The van der Waals surface area contributed by atoms with E-state index in [0.717, 1.165) is 29.1 Å². The van der Waals surface area contributed by atoms with E-state index >= 15 is 0 Å². The largest absolute Gasteiger partial charge is 0.478 e. The van der Waals surface area contributed by atoms with Crippen LogP contribution in [0.4, 0.5) is 0 Å². The molecular weight excluding hydrogens is 388 g/mol. The van der Waals surface area contributed by atoms with E-state index in [-0.39, 0.29) is 0 Å². The number of benzene rings is 2. The Morgan fingerprint density at radius 2 is 1.84 bits per heavy atom. The second-order valence-electron chi connectivity index (χ2n) is 7.82. The summed E-state index contributed by atoms with van der Waals surface area (Å²) in [6.45, 7) is 1.94. The molecule has 0 radical (unpaired) electrons. The molecule has 4 aromatic rings. The van der Waals surface area contributed by atoms with E-state index in [0.29, 0.717) is 29.6 Å². The van der Waals surface area contributed by atoms with Crippen LogP contribution in [0.1, 0.15) is 32.9 Å². The van der Waals surface area contributed by atoms with Gasteiger partial charge in [0.05, 0.1) is 22.5 Å². The van der Waals surface area contributed by atoms with Gasteiger partial charge in [0.2, 0.25) is 0 Å². The molecule has 31 heavy (non-hydrogen) atoms. The van der Waals surface area contributed by atoms with Crippen LogP contribution in [0.3, 0.4) is 0 Å². The number of aromatic carboxylic acids is 1. The molecule has 1 N–H and O–H groups in total. The molecule has 0 amide bonds. The van der Waals surface area contributed by atoms with Crippen LogP contribution in [0.15, 0.2) is 66.9 Å². The van der Waals surface area contributed by atoms with E-state index in [1.54, 1.807) is 6.20 Å². The van der Waals surface area contributed by atoms with Gasteiger partial charge in [0.25, 0.3) is 0 Å². The van der Waals surface area contributed by atoms with Gasteiger partial charge in [0.1, 0.15) is 0 Å². The summed E-state index contributed by atoms with van der Waals surface area (Å²) in [6, 6.07) is 19.7. The molecule has 3 heterocycles. The molecule has 6 nitrogen and oxygen atoms in total. The fraction of sp³-hybridized carbons (Fsp3) is 0.160. The maximum absolute atomic E-state index is 12.3. The zero-order chi connectivity index (χ0) is 21.4. The van der Waals surface area contributed by atoms with Gasteiger partial charge in [0.15, 0.2) is 0 Å². The normalized spacial score (nSPS) is 15.3. The van der Waals surface area contributed by atoms with Crippen molar-refractivity contribution in [3.05, 3.63) is 94.9 Å². The number of aromatic nitrogens is 3. The van der Waals surface area contributed by atoms with E-state index < -0.39 is 5.97 Å². The zero-order valence-electron chi connectivity index (χ0n) is 17.2. The predicted molar refractivity (Wildman–Crippen MR) is 120 cm³/mol. The van der Waals surface area contributed by atoms with Crippen LogP contribution in [0.25, 0.3) is 22.6 Å². The van der Waals surface area contributed by atoms with Gasteiger partial charge in [-0.2, -0.15) is 5.10 Å². The minimum atomic E-state index is -0.920. The van der Waals surface area contributed by atoms with Crippen molar-refractivity contribution in [1.82, 2.24) is 19.7 Å². The Morgan fingerprint density at radius 1 is 1.06 bits per heavy atom. The highest BCUT2D eigenvalue weighted by molar-refractivity contribution is 6.05. The average molecular weight is 410 g/mol. The standard InChI is InChI=1S/C25H22N4O2/c1-28-19(11-12-26-28)13-18-15-29(14-17-7-3-2-4-8-17)16-21-23(25(30)31)20-9-5-6-10-22(20)27-24(18)21/h2-13H,14-16H2,1H3,(H,30,31). The summed E-state index contributed by atoms with van der Waals surface area (Å²) in [5.74, 6) is -0.920. The summed E-state index contributed by atoms with van der Waals surface area (Å²) in [7, 11) is 1.90. The van der Waals surface area contributed by atoms with Crippen molar-refractivity contribution in [3.8, 4) is 0 Å². The van der Waals surface area contributed by atoms with Crippen molar-refractivity contribution >= 4 is 28.5 Å². The SMILES string of the molecule is Cn1nccc1C=C1CN(Cc2ccccc2)Cc2c1nc1ccccc1c2C(=O)O. The molecule has 0 spiro atoms. The van der Waals surface area contributed by atoms with Gasteiger partial charge < -0.3 is 5.11 Å².